The lowest BCUT2D eigenvalue weighted by molar-refractivity contribution is -0.137. The maximum atomic E-state index is 13.9. The number of carboxylic acids is 1. The van der Waals surface area contributed by atoms with Crippen molar-refractivity contribution in [2.45, 2.75) is 63.6 Å². The molecule has 1 heterocycles. The topological polar surface area (TPSA) is 57.6 Å². The molecule has 0 aromatic heterocycles. The number of benzene rings is 1. The second-order valence-corrected chi connectivity index (χ2v) is 7.64. The number of aliphatic carboxylic acids is 1. The highest BCUT2D eigenvalue weighted by Gasteiger charge is 2.38. The van der Waals surface area contributed by atoms with Gasteiger partial charge in [-0.05, 0) is 43.0 Å². The first-order chi connectivity index (χ1) is 12.4. The number of unbranched alkanes of at least 4 members (excludes halogenated alkanes) is 3. The van der Waals surface area contributed by atoms with Gasteiger partial charge >= 0.3 is 5.97 Å². The van der Waals surface area contributed by atoms with E-state index in [0.717, 1.165) is 31.2 Å². The van der Waals surface area contributed by atoms with Gasteiger partial charge in [-0.3, -0.25) is 9.59 Å². The molecule has 1 N–H and O–H groups in total. The third-order valence-corrected chi connectivity index (χ3v) is 5.15. The third-order valence-electron chi connectivity index (χ3n) is 4.71. The minimum atomic E-state index is -1.42. The van der Waals surface area contributed by atoms with Gasteiger partial charge in [0, 0.05) is 35.5 Å². The summed E-state index contributed by atoms with van der Waals surface area (Å²) in [6, 6.07) is 5.17. The number of alkyl halides is 1. The molecule has 0 bridgehead atoms. The molecule has 0 saturated carbocycles. The minimum absolute atomic E-state index is 0.0911. The van der Waals surface area contributed by atoms with Gasteiger partial charge in [-0.1, -0.05) is 42.5 Å². The molecule has 1 aliphatic rings. The van der Waals surface area contributed by atoms with Crippen LogP contribution in [0.1, 0.15) is 50.5 Å². The number of hydrogen-bond acceptors (Lipinski definition) is 2. The van der Waals surface area contributed by atoms with E-state index in [9.17, 15) is 14.0 Å². The van der Waals surface area contributed by atoms with Gasteiger partial charge in [0.05, 0.1) is 0 Å². The average molecular weight is 404 g/mol. The fourth-order valence-corrected chi connectivity index (χ4v) is 3.98. The summed E-state index contributed by atoms with van der Waals surface area (Å²) in [5.41, 5.74) is 0.921. The predicted molar refractivity (Wildman–Crippen MR) is 101 cm³/mol. The number of carboxylic acid groups (broad SMARTS) is 1. The van der Waals surface area contributed by atoms with Gasteiger partial charge in [-0.15, -0.1) is 0 Å². The van der Waals surface area contributed by atoms with Crippen molar-refractivity contribution in [3.8, 4) is 0 Å². The number of amides is 1. The number of rotatable bonds is 10. The molecule has 26 heavy (non-hydrogen) atoms. The van der Waals surface area contributed by atoms with E-state index in [4.69, 9.17) is 28.3 Å². The van der Waals surface area contributed by atoms with Gasteiger partial charge in [0.1, 0.15) is 0 Å². The highest BCUT2D eigenvalue weighted by Crippen LogP contribution is 2.27. The van der Waals surface area contributed by atoms with Crippen LogP contribution in [0.4, 0.5) is 4.39 Å². The fourth-order valence-electron chi connectivity index (χ4n) is 3.41. The SMILES string of the molecule is O=C(O)CCCCCCC1CC(F)C(=O)N1CCc1cc(Cl)cc(Cl)c1. The molecule has 1 aromatic carbocycles. The number of nitrogens with zero attached hydrogens (tertiary/aromatic N) is 1. The Labute approximate surface area is 163 Å². The number of halogens is 3. The van der Waals surface area contributed by atoms with Gasteiger partial charge in [-0.25, -0.2) is 4.39 Å². The zero-order valence-electron chi connectivity index (χ0n) is 14.6. The third kappa shape index (κ3) is 6.44. The quantitative estimate of drug-likeness (QED) is 0.565. The molecule has 0 radical (unpaired) electrons. The first-order valence-electron chi connectivity index (χ1n) is 8.98. The Morgan fingerprint density at radius 1 is 1.15 bits per heavy atom. The van der Waals surface area contributed by atoms with Gasteiger partial charge in [0.15, 0.2) is 6.17 Å². The van der Waals surface area contributed by atoms with E-state index < -0.39 is 18.0 Å². The summed E-state index contributed by atoms with van der Waals surface area (Å²) >= 11 is 12.0. The van der Waals surface area contributed by atoms with E-state index in [0.29, 0.717) is 29.4 Å². The van der Waals surface area contributed by atoms with Crippen LogP contribution in [0.5, 0.6) is 0 Å². The predicted octanol–water partition coefficient (Wildman–Crippen LogP) is 4.90. The molecule has 1 amide bonds. The smallest absolute Gasteiger partial charge is 0.303 e. The number of hydrogen-bond donors (Lipinski definition) is 1. The van der Waals surface area contributed by atoms with Crippen molar-refractivity contribution in [2.24, 2.45) is 0 Å². The van der Waals surface area contributed by atoms with E-state index in [1.165, 1.54) is 0 Å². The van der Waals surface area contributed by atoms with Crippen molar-refractivity contribution < 1.29 is 19.1 Å². The van der Waals surface area contributed by atoms with E-state index in [1.807, 2.05) is 0 Å². The van der Waals surface area contributed by atoms with Crippen LogP contribution in [0, 0.1) is 0 Å². The van der Waals surface area contributed by atoms with Gasteiger partial charge < -0.3 is 10.0 Å². The molecular formula is C19H24Cl2FNO3. The highest BCUT2D eigenvalue weighted by molar-refractivity contribution is 6.34. The number of carbonyl (C=O) groups is 2. The minimum Gasteiger partial charge on any atom is -0.481 e. The van der Waals surface area contributed by atoms with Crippen molar-refractivity contribution in [1.82, 2.24) is 4.90 Å². The Morgan fingerprint density at radius 2 is 1.81 bits per heavy atom. The Balaban J connectivity index is 1.82. The van der Waals surface area contributed by atoms with Crippen molar-refractivity contribution in [3.05, 3.63) is 33.8 Å². The molecule has 1 saturated heterocycles. The summed E-state index contributed by atoms with van der Waals surface area (Å²) in [6.45, 7) is 0.444. The molecule has 2 unspecified atom stereocenters. The Bertz CT molecular complexity index is 621. The summed E-state index contributed by atoms with van der Waals surface area (Å²) in [7, 11) is 0. The van der Waals surface area contributed by atoms with Crippen molar-refractivity contribution in [2.75, 3.05) is 6.54 Å². The molecule has 1 aromatic rings. The largest absolute Gasteiger partial charge is 0.481 e. The molecule has 1 fully saturated rings. The number of carbonyl (C=O) groups excluding carboxylic acids is 1. The standard InChI is InChI=1S/C19H24Cl2FNO3/c20-14-9-13(10-15(21)11-14)7-8-23-16(12-17(22)19(23)26)5-3-1-2-4-6-18(24)25/h9-11,16-17H,1-8,12H2,(H,24,25). The second-order valence-electron chi connectivity index (χ2n) is 6.76. The maximum absolute atomic E-state index is 13.9. The van der Waals surface area contributed by atoms with Crippen molar-refractivity contribution >= 4 is 35.1 Å². The van der Waals surface area contributed by atoms with Crippen LogP contribution in [0.3, 0.4) is 0 Å². The van der Waals surface area contributed by atoms with Crippen LogP contribution in [-0.2, 0) is 16.0 Å². The lowest BCUT2D eigenvalue weighted by Crippen LogP contribution is -2.35. The van der Waals surface area contributed by atoms with Crippen LogP contribution in [-0.4, -0.2) is 40.6 Å². The van der Waals surface area contributed by atoms with Crippen LogP contribution in [0.2, 0.25) is 10.0 Å². The summed E-state index contributed by atoms with van der Waals surface area (Å²) in [4.78, 5) is 24.2. The van der Waals surface area contributed by atoms with E-state index in [2.05, 4.69) is 0 Å². The van der Waals surface area contributed by atoms with Crippen LogP contribution in [0.15, 0.2) is 18.2 Å². The van der Waals surface area contributed by atoms with Crippen LogP contribution < -0.4 is 0 Å². The summed E-state index contributed by atoms with van der Waals surface area (Å²) < 4.78 is 13.9. The van der Waals surface area contributed by atoms with E-state index in [1.54, 1.807) is 23.1 Å². The fraction of sp³-hybridized carbons (Fsp3) is 0.579. The van der Waals surface area contributed by atoms with Gasteiger partial charge in [0.25, 0.3) is 5.91 Å². The molecule has 2 rings (SSSR count). The normalized spacial score (nSPS) is 20.0. The zero-order chi connectivity index (χ0) is 19.1. The molecular weight excluding hydrogens is 380 g/mol. The summed E-state index contributed by atoms with van der Waals surface area (Å²) in [5.74, 6) is -1.21. The summed E-state index contributed by atoms with van der Waals surface area (Å²) in [6.07, 6.45) is 3.58. The average Bonchev–Trinajstić information content (AvgIpc) is 2.82. The van der Waals surface area contributed by atoms with E-state index in [-0.39, 0.29) is 18.9 Å². The number of likely N-dealkylation sites (tertiary alicyclic amines) is 1. The molecule has 144 valence electrons. The zero-order valence-corrected chi connectivity index (χ0v) is 16.1. The van der Waals surface area contributed by atoms with Gasteiger partial charge in [0.2, 0.25) is 0 Å². The Hall–Kier alpha value is -1.33. The van der Waals surface area contributed by atoms with Crippen LogP contribution in [0.25, 0.3) is 0 Å². The maximum Gasteiger partial charge on any atom is 0.303 e. The van der Waals surface area contributed by atoms with Crippen molar-refractivity contribution in [1.29, 1.82) is 0 Å². The molecule has 1 aliphatic heterocycles. The Kier molecular flexibility index (Phi) is 8.16. The summed E-state index contributed by atoms with van der Waals surface area (Å²) in [5, 5.41) is 9.71. The lowest BCUT2D eigenvalue weighted by Gasteiger charge is -2.24. The molecule has 0 aliphatic carbocycles. The molecule has 0 spiro atoms. The van der Waals surface area contributed by atoms with Gasteiger partial charge in [-0.2, -0.15) is 0 Å². The van der Waals surface area contributed by atoms with Crippen molar-refractivity contribution in [3.63, 3.8) is 0 Å². The second kappa shape index (κ2) is 10.1. The molecule has 2 atom stereocenters. The first kappa shape index (κ1) is 21.0. The molecule has 7 heteroatoms. The first-order valence-corrected chi connectivity index (χ1v) is 9.73. The lowest BCUT2D eigenvalue weighted by atomic mass is 10.0. The molecule has 4 nitrogen and oxygen atoms in total. The van der Waals surface area contributed by atoms with E-state index >= 15 is 0 Å². The highest BCUT2D eigenvalue weighted by atomic mass is 35.5. The Morgan fingerprint density at radius 3 is 2.46 bits per heavy atom. The monoisotopic (exact) mass is 403 g/mol. The van der Waals surface area contributed by atoms with Crippen LogP contribution >= 0.6 is 23.2 Å².